The average Bonchev–Trinajstić information content (AvgIpc) is 3.67. The zero-order valence-electron chi connectivity index (χ0n) is 43.8. The van der Waals surface area contributed by atoms with Gasteiger partial charge in [0.2, 0.25) is 6.29 Å². The molecule has 1 aliphatic heterocycles. The van der Waals surface area contributed by atoms with E-state index in [1.165, 1.54) is 18.1 Å². The van der Waals surface area contributed by atoms with Crippen molar-refractivity contribution in [2.75, 3.05) is 6.61 Å². The number of nitrogens with zero attached hydrogens (tertiary/aromatic N) is 2. The van der Waals surface area contributed by atoms with Crippen molar-refractivity contribution >= 4 is 50.7 Å². The third-order valence-electron chi connectivity index (χ3n) is 15.4. The second-order valence-corrected chi connectivity index (χ2v) is 20.3. The van der Waals surface area contributed by atoms with Gasteiger partial charge in [-0.3, -0.25) is 14.8 Å². The summed E-state index contributed by atoms with van der Waals surface area (Å²) < 4.78 is 21.2. The molecule has 0 saturated heterocycles. The zero-order valence-corrected chi connectivity index (χ0v) is 43.8. The highest BCUT2D eigenvalue weighted by atomic mass is 16.7. The lowest BCUT2D eigenvalue weighted by atomic mass is 9.81. The molecule has 2 unspecified atom stereocenters. The van der Waals surface area contributed by atoms with Crippen molar-refractivity contribution in [2.24, 2.45) is 9.98 Å². The Morgan fingerprint density at radius 2 is 0.937 bits per heavy atom. The maximum atomic E-state index is 13.5. The van der Waals surface area contributed by atoms with Gasteiger partial charge in [-0.05, 0) is 107 Å². The Labute approximate surface area is 460 Å². The summed E-state index contributed by atoms with van der Waals surface area (Å²) in [5, 5.41) is 6.29. The van der Waals surface area contributed by atoms with Crippen LogP contribution in [0.2, 0.25) is 0 Å². The van der Waals surface area contributed by atoms with E-state index in [0.29, 0.717) is 11.5 Å². The monoisotopic (exact) mass is 1020 g/mol. The van der Waals surface area contributed by atoms with E-state index >= 15 is 0 Å². The van der Waals surface area contributed by atoms with Crippen LogP contribution in [0.25, 0.3) is 76.8 Å². The summed E-state index contributed by atoms with van der Waals surface area (Å²) in [7, 11) is 0. The van der Waals surface area contributed by atoms with Gasteiger partial charge in [-0.1, -0.05) is 231 Å². The summed E-state index contributed by atoms with van der Waals surface area (Å²) in [5.74, 6) is 0.748. The van der Waals surface area contributed by atoms with E-state index in [4.69, 9.17) is 24.2 Å². The van der Waals surface area contributed by atoms with Gasteiger partial charge in [-0.25, -0.2) is 0 Å². The number of esters is 1. The van der Waals surface area contributed by atoms with Crippen molar-refractivity contribution in [3.63, 3.8) is 0 Å². The Morgan fingerprint density at radius 1 is 0.468 bits per heavy atom. The van der Waals surface area contributed by atoms with Crippen LogP contribution in [-0.2, 0) is 22.4 Å². The molecule has 0 aromatic heterocycles. The number of hydrogen-bond donors (Lipinski definition) is 0. The minimum atomic E-state index is -1.07. The third kappa shape index (κ3) is 9.68. The summed E-state index contributed by atoms with van der Waals surface area (Å²) in [6.45, 7) is 1.56. The Kier molecular flexibility index (Phi) is 13.5. The number of carbonyl (C=O) groups excluding carboxylic acids is 1. The van der Waals surface area contributed by atoms with Gasteiger partial charge in [0.15, 0.2) is 0 Å². The first kappa shape index (κ1) is 49.0. The van der Waals surface area contributed by atoms with Crippen molar-refractivity contribution in [3.8, 4) is 56.0 Å². The molecule has 3 atom stereocenters. The molecule has 0 saturated carbocycles. The smallest absolute Gasteiger partial charge is 0.305 e. The lowest BCUT2D eigenvalue weighted by Gasteiger charge is -2.27. The highest BCUT2D eigenvalue weighted by Crippen LogP contribution is 2.50. The minimum Gasteiger partial charge on any atom is -0.492 e. The number of ether oxygens (including phenoxy) is 3. The van der Waals surface area contributed by atoms with E-state index < -0.39 is 24.3 Å². The van der Waals surface area contributed by atoms with Crippen molar-refractivity contribution in [1.29, 1.82) is 0 Å². The number of hydrogen-bond acceptors (Lipinski definition) is 6. The van der Waals surface area contributed by atoms with Crippen LogP contribution in [0.5, 0.6) is 11.5 Å². The second kappa shape index (κ2) is 21.8. The molecular formula is C73H56N2O4. The van der Waals surface area contributed by atoms with Crippen molar-refractivity contribution in [2.45, 2.75) is 44.6 Å². The van der Waals surface area contributed by atoms with E-state index in [2.05, 4.69) is 231 Å². The normalized spacial score (nSPS) is 17.0. The van der Waals surface area contributed by atoms with Gasteiger partial charge in [-0.2, -0.15) is 0 Å². The molecule has 0 radical (unpaired) electrons. The fourth-order valence-electron chi connectivity index (χ4n) is 11.8. The Morgan fingerprint density at radius 3 is 1.52 bits per heavy atom. The molecule has 0 N–H and O–H groups in total. The van der Waals surface area contributed by atoms with Crippen LogP contribution in [0.3, 0.4) is 0 Å². The first-order valence-corrected chi connectivity index (χ1v) is 27.2. The number of fused-ring (bicyclic) bond motifs is 6. The fourth-order valence-corrected chi connectivity index (χ4v) is 11.8. The molecule has 0 amide bonds. The Hall–Kier alpha value is -9.65. The average molecular weight is 1030 g/mol. The van der Waals surface area contributed by atoms with Crippen LogP contribution in [0.15, 0.2) is 253 Å². The Balaban J connectivity index is 1.10. The lowest BCUT2D eigenvalue weighted by molar-refractivity contribution is -0.162. The van der Waals surface area contributed by atoms with Gasteiger partial charge < -0.3 is 14.2 Å². The number of rotatable bonds is 7. The maximum Gasteiger partial charge on any atom is 0.305 e. The molecule has 11 aromatic carbocycles. The van der Waals surface area contributed by atoms with Gasteiger partial charge in [0.25, 0.3) is 0 Å². The van der Waals surface area contributed by atoms with Gasteiger partial charge in [0, 0.05) is 47.2 Å². The molecule has 0 fully saturated rings. The largest absolute Gasteiger partial charge is 0.492 e. The van der Waals surface area contributed by atoms with E-state index in [1.54, 1.807) is 0 Å². The van der Waals surface area contributed by atoms with Gasteiger partial charge in [0.05, 0.1) is 13.0 Å². The molecule has 382 valence electrons. The van der Waals surface area contributed by atoms with E-state index in [9.17, 15) is 4.79 Å². The molecule has 2 aliphatic rings. The first-order valence-electron chi connectivity index (χ1n) is 27.2. The molecule has 1 heterocycles. The fraction of sp³-hybridized carbons (Fsp3) is 0.110. The van der Waals surface area contributed by atoms with Crippen molar-refractivity contribution in [1.82, 2.24) is 0 Å². The zero-order chi connectivity index (χ0) is 53.1. The van der Waals surface area contributed by atoms with Crippen molar-refractivity contribution in [3.05, 3.63) is 276 Å². The van der Waals surface area contributed by atoms with E-state index in [-0.39, 0.29) is 13.0 Å². The SMILES string of the molecule is CC(=O)OC1CCOc2c(cc3ccccc3c2-c2c(-c3ccccc3)ccc3ccccc23)/C=N/C(c2ccccc2)[C@H](c2ccccc2)/N=C/c2cc3ccccc3c(-c3c(-c4ccccc4)ccc4c3CC=CC4)c2O1. The lowest BCUT2D eigenvalue weighted by Crippen LogP contribution is -2.26. The molecule has 13 rings (SSSR count). The molecule has 6 heteroatoms. The minimum absolute atomic E-state index is 0.122. The highest BCUT2D eigenvalue weighted by Gasteiger charge is 2.30. The standard InChI is InChI=1S/C73H56N2O4/c1-48(76)78-65-42-43-77-72-57(44-55-32-16-20-36-61(55)68(72)66-59-34-18-14-26-51(59)38-40-63(66)49-22-6-2-7-23-49)46-74-70(53-28-10-4-11-29-53)71(54-30-12-5-13-31-54)75-47-58-45-56-33-17-21-37-62(56)69(73(58)79-65)67-60-35-19-15-27-52(60)39-41-64(67)50-24-8-3-9-25-50/h2-26,28-34,36-41,44-47,65,70-71H,27,35,42-43H2,1H3/b74-46+,75-47+/t65?,70?,71-/m0/s1. The number of carbonyl (C=O) groups is 1. The molecule has 11 aromatic rings. The predicted molar refractivity (Wildman–Crippen MR) is 324 cm³/mol. The topological polar surface area (TPSA) is 69.5 Å². The Bertz CT molecular complexity index is 4150. The molecule has 0 bridgehead atoms. The van der Waals surface area contributed by atoms with Crippen LogP contribution in [-0.4, -0.2) is 31.3 Å². The highest BCUT2D eigenvalue weighted by molar-refractivity contribution is 6.15. The van der Waals surface area contributed by atoms with Crippen LogP contribution in [0, 0.1) is 0 Å². The third-order valence-corrected chi connectivity index (χ3v) is 15.4. The van der Waals surface area contributed by atoms with Crippen LogP contribution in [0.4, 0.5) is 0 Å². The van der Waals surface area contributed by atoms with Gasteiger partial charge in [-0.15, -0.1) is 0 Å². The molecular weight excluding hydrogens is 969 g/mol. The van der Waals surface area contributed by atoms with E-state index in [1.807, 2.05) is 24.6 Å². The number of benzene rings is 11. The molecule has 6 nitrogen and oxygen atoms in total. The number of aliphatic imine (C=N–C) groups is 2. The van der Waals surface area contributed by atoms with E-state index in [0.717, 1.165) is 112 Å². The maximum absolute atomic E-state index is 13.5. The van der Waals surface area contributed by atoms with Gasteiger partial charge >= 0.3 is 5.97 Å². The molecule has 1 aliphatic carbocycles. The number of allylic oxidation sites excluding steroid dienone is 2. The molecule has 0 spiro atoms. The van der Waals surface area contributed by atoms with Crippen LogP contribution >= 0.6 is 0 Å². The summed E-state index contributed by atoms with van der Waals surface area (Å²) in [5.41, 5.74) is 14.3. The second-order valence-electron chi connectivity index (χ2n) is 20.3. The van der Waals surface area contributed by atoms with Crippen LogP contribution in [0.1, 0.15) is 58.8 Å². The van der Waals surface area contributed by atoms with Crippen LogP contribution < -0.4 is 9.47 Å². The summed E-state index contributed by atoms with van der Waals surface area (Å²) in [6, 6.07) is 79.8. The predicted octanol–water partition coefficient (Wildman–Crippen LogP) is 17.5. The first-order chi connectivity index (χ1) is 39.0. The van der Waals surface area contributed by atoms with Gasteiger partial charge in [0.1, 0.15) is 23.6 Å². The van der Waals surface area contributed by atoms with Crippen molar-refractivity contribution < 1.29 is 19.0 Å². The summed E-state index contributed by atoms with van der Waals surface area (Å²) in [6.07, 6.45) is 9.12. The summed E-state index contributed by atoms with van der Waals surface area (Å²) >= 11 is 0. The quantitative estimate of drug-likeness (QED) is 0.118. The summed E-state index contributed by atoms with van der Waals surface area (Å²) in [4.78, 5) is 24.9. The molecule has 79 heavy (non-hydrogen) atoms.